The molecule has 0 saturated heterocycles. The van der Waals surface area contributed by atoms with Crippen molar-refractivity contribution in [1.29, 1.82) is 0 Å². The molecular weight excluding hydrogens is 739 g/mol. The van der Waals surface area contributed by atoms with Gasteiger partial charge in [-0.15, -0.1) is 22.7 Å². The van der Waals surface area contributed by atoms with E-state index < -0.39 is 0 Å². The number of benzene rings is 7. The van der Waals surface area contributed by atoms with Gasteiger partial charge in [0.25, 0.3) is 0 Å². The number of hydrogen-bond donors (Lipinski definition) is 0. The summed E-state index contributed by atoms with van der Waals surface area (Å²) >= 11 is 3.51. The number of nitrogens with zero attached hydrogens (tertiary/aromatic N) is 5. The molecule has 0 saturated carbocycles. The lowest BCUT2D eigenvalue weighted by molar-refractivity contribution is 0.669. The van der Waals surface area contributed by atoms with Crippen LogP contribution in [0.5, 0.6) is 0 Å². The molecule has 0 spiro atoms. The normalized spacial score (nSPS) is 11.9. The molecule has 266 valence electrons. The number of rotatable bonds is 5. The maximum atomic E-state index is 6.45. The van der Waals surface area contributed by atoms with E-state index in [2.05, 4.69) is 97.1 Å². The summed E-state index contributed by atoms with van der Waals surface area (Å²) < 4.78 is 11.1. The molecule has 8 heteroatoms. The van der Waals surface area contributed by atoms with Crippen molar-refractivity contribution in [2.75, 3.05) is 0 Å². The number of fused-ring (bicyclic) bond motifs is 9. The maximum absolute atomic E-state index is 6.45. The highest BCUT2D eigenvalue weighted by Gasteiger charge is 2.21. The molecule has 0 N–H and O–H groups in total. The lowest BCUT2D eigenvalue weighted by Gasteiger charge is -2.10. The van der Waals surface area contributed by atoms with E-state index >= 15 is 0 Å². The van der Waals surface area contributed by atoms with Crippen LogP contribution >= 0.6 is 22.7 Å². The van der Waals surface area contributed by atoms with E-state index in [1.807, 2.05) is 66.7 Å². The molecule has 12 aromatic rings. The van der Waals surface area contributed by atoms with E-state index in [9.17, 15) is 0 Å². The van der Waals surface area contributed by atoms with Crippen molar-refractivity contribution >= 4 is 85.1 Å². The van der Waals surface area contributed by atoms with Gasteiger partial charge in [0.2, 0.25) is 0 Å². The predicted octanol–water partition coefficient (Wildman–Crippen LogP) is 13.6. The molecule has 57 heavy (non-hydrogen) atoms. The average molecular weight is 766 g/mol. The summed E-state index contributed by atoms with van der Waals surface area (Å²) in [6.07, 6.45) is 0. The first kappa shape index (κ1) is 32.1. The summed E-state index contributed by atoms with van der Waals surface area (Å²) in [4.78, 5) is 26.0. The molecule has 12 rings (SSSR count). The Bertz CT molecular complexity index is 3540. The first-order valence-electron chi connectivity index (χ1n) is 18.7. The van der Waals surface area contributed by atoms with Crippen LogP contribution in [0.25, 0.3) is 119 Å². The molecule has 0 aliphatic heterocycles. The summed E-state index contributed by atoms with van der Waals surface area (Å²) in [6, 6.07) is 56.2. The second kappa shape index (κ2) is 12.7. The van der Waals surface area contributed by atoms with Crippen molar-refractivity contribution < 1.29 is 4.42 Å². The molecule has 0 bridgehead atoms. The van der Waals surface area contributed by atoms with Crippen LogP contribution < -0.4 is 0 Å². The Morgan fingerprint density at radius 1 is 0.386 bits per heavy atom. The van der Waals surface area contributed by atoms with Crippen molar-refractivity contribution in [1.82, 2.24) is 24.9 Å². The Balaban J connectivity index is 1.08. The highest BCUT2D eigenvalue weighted by molar-refractivity contribution is 7.26. The first-order chi connectivity index (χ1) is 28.2. The predicted molar refractivity (Wildman–Crippen MR) is 236 cm³/mol. The van der Waals surface area contributed by atoms with Crippen molar-refractivity contribution in [3.63, 3.8) is 0 Å². The lowest BCUT2D eigenvalue weighted by Crippen LogP contribution is -2.00. The topological polar surface area (TPSA) is 77.6 Å². The summed E-state index contributed by atoms with van der Waals surface area (Å²) in [5.74, 6) is 2.43. The van der Waals surface area contributed by atoms with Gasteiger partial charge in [0.15, 0.2) is 23.3 Å². The molecule has 0 radical (unpaired) electrons. The zero-order valence-electron chi connectivity index (χ0n) is 30.0. The van der Waals surface area contributed by atoms with Gasteiger partial charge in [-0.25, -0.2) is 24.9 Å². The van der Waals surface area contributed by atoms with Crippen LogP contribution in [0.2, 0.25) is 0 Å². The number of hydrogen-bond acceptors (Lipinski definition) is 8. The maximum Gasteiger partial charge on any atom is 0.167 e. The van der Waals surface area contributed by atoms with E-state index in [0.717, 1.165) is 91.2 Å². The van der Waals surface area contributed by atoms with Crippen molar-refractivity contribution in [3.8, 4) is 56.8 Å². The summed E-state index contributed by atoms with van der Waals surface area (Å²) in [5, 5.41) is 5.44. The third kappa shape index (κ3) is 5.19. The Hall–Kier alpha value is -7.13. The van der Waals surface area contributed by atoms with Crippen LogP contribution in [0, 0.1) is 0 Å². The summed E-state index contributed by atoms with van der Waals surface area (Å²) in [5.41, 5.74) is 8.17. The monoisotopic (exact) mass is 765 g/mol. The fourth-order valence-electron chi connectivity index (χ4n) is 7.92. The molecule has 0 fully saturated rings. The van der Waals surface area contributed by atoms with Crippen LogP contribution in [0.3, 0.4) is 0 Å². The number of thiophene rings is 2. The van der Waals surface area contributed by atoms with Gasteiger partial charge in [0.1, 0.15) is 11.2 Å². The van der Waals surface area contributed by atoms with Gasteiger partial charge in [-0.1, -0.05) is 121 Å². The molecule has 6 nitrogen and oxygen atoms in total. The van der Waals surface area contributed by atoms with Gasteiger partial charge in [0, 0.05) is 63.3 Å². The zero-order valence-corrected chi connectivity index (χ0v) is 31.7. The van der Waals surface area contributed by atoms with E-state index in [4.69, 9.17) is 29.3 Å². The van der Waals surface area contributed by atoms with E-state index in [0.29, 0.717) is 23.3 Å². The second-order valence-electron chi connectivity index (χ2n) is 14.0. The average Bonchev–Trinajstić information content (AvgIpc) is 3.98. The number of para-hydroxylation sites is 2. The van der Waals surface area contributed by atoms with Gasteiger partial charge < -0.3 is 4.42 Å². The molecule has 0 aliphatic carbocycles. The van der Waals surface area contributed by atoms with Gasteiger partial charge in [0.05, 0.1) is 21.5 Å². The standard InChI is InChI=1S/C49H27N5OS2/c1-3-13-28(14-4-1)42-45-43(33-18-8-10-23-38(33)57-45)51-48(50-42)34-20-12-24-40-41(34)36-27-30(25-26-39(36)56-40)47-52-46(29-15-5-2-6-16-29)53-49(54-47)35-21-11-19-32-31-17-7-9-22-37(31)55-44(32)35/h1-27H. The van der Waals surface area contributed by atoms with Crippen LogP contribution in [0.1, 0.15) is 0 Å². The first-order valence-corrected chi connectivity index (χ1v) is 20.3. The van der Waals surface area contributed by atoms with Crippen molar-refractivity contribution in [2.45, 2.75) is 0 Å². The largest absolute Gasteiger partial charge is 0.455 e. The smallest absolute Gasteiger partial charge is 0.167 e. The van der Waals surface area contributed by atoms with Crippen molar-refractivity contribution in [3.05, 3.63) is 164 Å². The third-order valence-electron chi connectivity index (χ3n) is 10.6. The molecule has 0 unspecified atom stereocenters. The summed E-state index contributed by atoms with van der Waals surface area (Å²) in [7, 11) is 0. The quantitative estimate of drug-likeness (QED) is 0.174. The molecular formula is C49H27N5OS2. The van der Waals surface area contributed by atoms with Gasteiger partial charge in [-0.3, -0.25) is 0 Å². The minimum absolute atomic E-state index is 0.553. The molecule has 0 aliphatic rings. The Morgan fingerprint density at radius 2 is 1.02 bits per heavy atom. The van der Waals surface area contributed by atoms with Crippen molar-refractivity contribution in [2.24, 2.45) is 0 Å². The Morgan fingerprint density at radius 3 is 1.88 bits per heavy atom. The molecule has 0 atom stereocenters. The van der Waals surface area contributed by atoms with Crippen LogP contribution in [-0.4, -0.2) is 24.9 Å². The van der Waals surface area contributed by atoms with Gasteiger partial charge in [-0.2, -0.15) is 0 Å². The number of aromatic nitrogens is 5. The molecule has 5 heterocycles. The van der Waals surface area contributed by atoms with E-state index in [1.165, 1.54) is 4.70 Å². The van der Waals surface area contributed by atoms with Gasteiger partial charge in [-0.05, 0) is 42.5 Å². The minimum Gasteiger partial charge on any atom is -0.455 e. The summed E-state index contributed by atoms with van der Waals surface area (Å²) in [6.45, 7) is 0. The zero-order chi connectivity index (χ0) is 37.5. The SMILES string of the molecule is c1ccc(-c2nc(-c3ccc4sc5cccc(-c6nc(-c7ccccc7)c7sc8ccccc8c7n6)c5c4c3)nc(-c3cccc4c3oc3ccccc34)n2)cc1. The minimum atomic E-state index is 0.553. The lowest BCUT2D eigenvalue weighted by atomic mass is 10.0. The van der Waals surface area contributed by atoms with E-state index in [-0.39, 0.29) is 0 Å². The fourth-order valence-corrected chi connectivity index (χ4v) is 10.2. The molecule has 7 aromatic carbocycles. The van der Waals surface area contributed by atoms with Crippen LogP contribution in [0.4, 0.5) is 0 Å². The molecule has 0 amide bonds. The van der Waals surface area contributed by atoms with Crippen LogP contribution in [-0.2, 0) is 0 Å². The van der Waals surface area contributed by atoms with Crippen LogP contribution in [0.15, 0.2) is 168 Å². The second-order valence-corrected chi connectivity index (χ2v) is 16.1. The Labute approximate surface area is 333 Å². The highest BCUT2D eigenvalue weighted by atomic mass is 32.1. The third-order valence-corrected chi connectivity index (χ3v) is 12.9. The fraction of sp³-hybridized carbons (Fsp3) is 0. The number of furan rings is 1. The molecule has 5 aromatic heterocycles. The highest BCUT2D eigenvalue weighted by Crippen LogP contribution is 2.44. The Kier molecular flexibility index (Phi) is 7.17. The van der Waals surface area contributed by atoms with E-state index in [1.54, 1.807) is 22.7 Å². The van der Waals surface area contributed by atoms with Gasteiger partial charge >= 0.3 is 0 Å².